The van der Waals surface area contributed by atoms with Crippen molar-refractivity contribution in [2.24, 2.45) is 0 Å². The average Bonchev–Trinajstić information content (AvgIpc) is 2.90. The lowest BCUT2D eigenvalue weighted by molar-refractivity contribution is -0.149. The number of hydrogen-bond donors (Lipinski definition) is 1. The van der Waals surface area contributed by atoms with Crippen LogP contribution in [0.5, 0.6) is 11.5 Å². The lowest BCUT2D eigenvalue weighted by atomic mass is 10.1. The Morgan fingerprint density at radius 1 is 0.947 bits per heavy atom. The molecule has 3 aromatic rings. The van der Waals surface area contributed by atoms with Crippen molar-refractivity contribution in [3.63, 3.8) is 0 Å². The average molecular weight is 528 g/mol. The highest BCUT2D eigenvalue weighted by Crippen LogP contribution is 2.19. The van der Waals surface area contributed by atoms with Crippen LogP contribution in [0.3, 0.4) is 0 Å². The van der Waals surface area contributed by atoms with Crippen molar-refractivity contribution in [3.8, 4) is 11.5 Å². The molecule has 0 spiro atoms. The fourth-order valence-corrected chi connectivity index (χ4v) is 3.76. The first-order valence-corrected chi connectivity index (χ1v) is 12.4. The Bertz CT molecular complexity index is 1170. The van der Waals surface area contributed by atoms with Gasteiger partial charge in [-0.15, -0.1) is 0 Å². The Labute approximate surface area is 220 Å². The third-order valence-corrected chi connectivity index (χ3v) is 5.70. The molecule has 0 heterocycles. The maximum absolute atomic E-state index is 14.0. The van der Waals surface area contributed by atoms with Gasteiger partial charge in [0.2, 0.25) is 0 Å². The second-order valence-corrected chi connectivity index (χ2v) is 8.50. The zero-order chi connectivity index (χ0) is 27.3. The van der Waals surface area contributed by atoms with Crippen molar-refractivity contribution in [2.75, 3.05) is 26.3 Å². The number of carboxylic acid groups (broad SMARTS) is 1. The molecule has 38 heavy (non-hydrogen) atoms. The van der Waals surface area contributed by atoms with Crippen molar-refractivity contribution in [1.29, 1.82) is 0 Å². The van der Waals surface area contributed by atoms with E-state index in [0.29, 0.717) is 31.4 Å². The van der Waals surface area contributed by atoms with Crippen molar-refractivity contribution in [3.05, 3.63) is 95.6 Å². The van der Waals surface area contributed by atoms with Crippen LogP contribution in [0.4, 0.5) is 13.6 Å². The number of aryl methyl sites for hydroxylation is 1. The fraction of sp³-hybridized carbons (Fsp3) is 0.310. The van der Waals surface area contributed by atoms with Crippen LogP contribution < -0.4 is 9.47 Å². The van der Waals surface area contributed by atoms with E-state index in [0.717, 1.165) is 29.7 Å². The Balaban J connectivity index is 1.58. The molecule has 0 fully saturated rings. The molecule has 1 N–H and O–H groups in total. The number of amides is 1. The van der Waals surface area contributed by atoms with Gasteiger partial charge in [0.15, 0.2) is 17.7 Å². The van der Waals surface area contributed by atoms with E-state index in [1.165, 1.54) is 4.90 Å². The minimum Gasteiger partial charge on any atom is -0.492 e. The highest BCUT2D eigenvalue weighted by molar-refractivity contribution is 5.72. The molecule has 0 aliphatic rings. The number of benzene rings is 3. The van der Waals surface area contributed by atoms with Crippen LogP contribution in [0.15, 0.2) is 72.8 Å². The second-order valence-electron chi connectivity index (χ2n) is 8.50. The highest BCUT2D eigenvalue weighted by atomic mass is 19.1. The van der Waals surface area contributed by atoms with Gasteiger partial charge in [0, 0.05) is 25.6 Å². The molecule has 3 aromatic carbocycles. The van der Waals surface area contributed by atoms with E-state index in [1.54, 1.807) is 31.2 Å². The minimum absolute atomic E-state index is 0.141. The summed E-state index contributed by atoms with van der Waals surface area (Å²) in [5, 5.41) is 9.25. The number of halogens is 2. The summed E-state index contributed by atoms with van der Waals surface area (Å²) in [6, 6.07) is 19.5. The van der Waals surface area contributed by atoms with Gasteiger partial charge in [-0.3, -0.25) is 0 Å². The molecule has 1 unspecified atom stereocenters. The lowest BCUT2D eigenvalue weighted by Gasteiger charge is -2.22. The molecule has 0 saturated carbocycles. The van der Waals surface area contributed by atoms with E-state index in [-0.39, 0.29) is 25.3 Å². The summed E-state index contributed by atoms with van der Waals surface area (Å²) in [5.41, 5.74) is 1.90. The summed E-state index contributed by atoms with van der Waals surface area (Å²) in [5.74, 6) is -2.56. The van der Waals surface area contributed by atoms with Crippen LogP contribution in [0, 0.1) is 11.6 Å². The van der Waals surface area contributed by atoms with Gasteiger partial charge < -0.3 is 24.2 Å². The summed E-state index contributed by atoms with van der Waals surface area (Å²) >= 11 is 0. The maximum atomic E-state index is 14.0. The van der Waals surface area contributed by atoms with Crippen LogP contribution in [0.2, 0.25) is 0 Å². The van der Waals surface area contributed by atoms with Crippen LogP contribution in [0.1, 0.15) is 24.5 Å². The SMILES string of the molecule is CCOC(Cc1ccc(OCCN(CCCc2ccccc2)C(=O)Oc2ccc(F)cc2F)cc1)C(=O)O. The number of aliphatic carboxylic acids is 1. The Morgan fingerprint density at radius 3 is 2.34 bits per heavy atom. The van der Waals surface area contributed by atoms with E-state index < -0.39 is 29.8 Å². The molecule has 0 radical (unpaired) electrons. The topological polar surface area (TPSA) is 85.3 Å². The van der Waals surface area contributed by atoms with Crippen molar-refractivity contribution in [2.45, 2.75) is 32.3 Å². The van der Waals surface area contributed by atoms with Crippen molar-refractivity contribution >= 4 is 12.1 Å². The van der Waals surface area contributed by atoms with Crippen LogP contribution in [-0.4, -0.2) is 54.5 Å². The number of carboxylic acids is 1. The van der Waals surface area contributed by atoms with Crippen molar-refractivity contribution < 1.29 is 37.7 Å². The molecule has 1 atom stereocenters. The van der Waals surface area contributed by atoms with Gasteiger partial charge in [-0.25, -0.2) is 18.4 Å². The molecule has 0 bridgehead atoms. The standard InChI is InChI=1S/C29H31F2NO6/c1-2-36-27(28(33)34)19-22-10-13-24(14-11-22)37-18-17-32(16-6-9-21-7-4-3-5-8-21)29(35)38-26-15-12-23(30)20-25(26)31/h3-5,7-8,10-15,20,27H,2,6,9,16-19H2,1H3,(H,33,34). The molecule has 202 valence electrons. The third kappa shape index (κ3) is 9.15. The number of rotatable bonds is 14. The fourth-order valence-electron chi connectivity index (χ4n) is 3.76. The largest absolute Gasteiger partial charge is 0.492 e. The maximum Gasteiger partial charge on any atom is 0.415 e. The highest BCUT2D eigenvalue weighted by Gasteiger charge is 2.19. The molecule has 1 amide bonds. The Morgan fingerprint density at radius 2 is 1.68 bits per heavy atom. The van der Waals surface area contributed by atoms with Gasteiger partial charge in [-0.1, -0.05) is 42.5 Å². The number of carbonyl (C=O) groups is 2. The smallest absolute Gasteiger partial charge is 0.415 e. The monoisotopic (exact) mass is 527 g/mol. The van der Waals surface area contributed by atoms with Gasteiger partial charge in [0.05, 0.1) is 6.54 Å². The first-order chi connectivity index (χ1) is 18.4. The van der Waals surface area contributed by atoms with Crippen LogP contribution >= 0.6 is 0 Å². The van der Waals surface area contributed by atoms with Gasteiger partial charge in [0.25, 0.3) is 0 Å². The predicted octanol–water partition coefficient (Wildman–Crippen LogP) is 5.51. The van der Waals surface area contributed by atoms with Crippen LogP contribution in [0.25, 0.3) is 0 Å². The first kappa shape index (κ1) is 28.6. The number of nitrogens with zero attached hydrogens (tertiary/aromatic N) is 1. The Hall–Kier alpha value is -3.98. The molecular weight excluding hydrogens is 496 g/mol. The molecule has 7 nitrogen and oxygen atoms in total. The summed E-state index contributed by atoms with van der Waals surface area (Å²) in [6.07, 6.45) is -0.0858. The molecule has 0 aliphatic heterocycles. The minimum atomic E-state index is -1.02. The molecule has 0 aromatic heterocycles. The third-order valence-electron chi connectivity index (χ3n) is 5.70. The van der Waals surface area contributed by atoms with Gasteiger partial charge in [-0.2, -0.15) is 0 Å². The molecule has 9 heteroatoms. The normalized spacial score (nSPS) is 11.6. The van der Waals surface area contributed by atoms with E-state index in [9.17, 15) is 23.5 Å². The summed E-state index contributed by atoms with van der Waals surface area (Å²) in [6.45, 7) is 2.69. The van der Waals surface area contributed by atoms with Gasteiger partial charge in [0.1, 0.15) is 18.2 Å². The molecule has 3 rings (SSSR count). The zero-order valence-electron chi connectivity index (χ0n) is 21.1. The van der Waals surface area contributed by atoms with Gasteiger partial charge >= 0.3 is 12.1 Å². The molecule has 0 aliphatic carbocycles. The van der Waals surface area contributed by atoms with E-state index in [4.69, 9.17) is 14.2 Å². The number of hydrogen-bond acceptors (Lipinski definition) is 5. The summed E-state index contributed by atoms with van der Waals surface area (Å²) in [4.78, 5) is 25.5. The number of carbonyl (C=O) groups excluding carboxylic acids is 1. The quantitative estimate of drug-likeness (QED) is 0.298. The zero-order valence-corrected chi connectivity index (χ0v) is 21.1. The first-order valence-electron chi connectivity index (χ1n) is 12.4. The second kappa shape index (κ2) is 14.7. The Kier molecular flexibility index (Phi) is 11.0. The number of ether oxygens (including phenoxy) is 3. The van der Waals surface area contributed by atoms with Crippen LogP contribution in [-0.2, 0) is 22.4 Å². The lowest BCUT2D eigenvalue weighted by Crippen LogP contribution is -2.37. The predicted molar refractivity (Wildman–Crippen MR) is 137 cm³/mol. The van der Waals surface area contributed by atoms with E-state index in [2.05, 4.69) is 0 Å². The van der Waals surface area contributed by atoms with Gasteiger partial charge in [-0.05, 0) is 55.2 Å². The van der Waals surface area contributed by atoms with E-state index >= 15 is 0 Å². The molecular formula is C29H31F2NO6. The van der Waals surface area contributed by atoms with Crippen molar-refractivity contribution in [1.82, 2.24) is 4.90 Å². The molecule has 0 saturated heterocycles. The summed E-state index contributed by atoms with van der Waals surface area (Å²) in [7, 11) is 0. The van der Waals surface area contributed by atoms with E-state index in [1.807, 2.05) is 30.3 Å². The summed E-state index contributed by atoms with van der Waals surface area (Å²) < 4.78 is 43.4.